The molecule has 1 aromatic carbocycles. The number of hydrogen-bond donors (Lipinski definition) is 1. The van der Waals surface area contributed by atoms with Crippen molar-refractivity contribution in [3.63, 3.8) is 0 Å². The predicted molar refractivity (Wildman–Crippen MR) is 72.5 cm³/mol. The molecule has 2 nitrogen and oxygen atoms in total. The quantitative estimate of drug-likeness (QED) is 0.805. The van der Waals surface area contributed by atoms with Crippen LogP contribution < -0.4 is 11.0 Å². The number of anilines is 1. The van der Waals surface area contributed by atoms with Crippen molar-refractivity contribution in [2.45, 2.75) is 0 Å². The maximum absolute atomic E-state index is 5.92. The van der Waals surface area contributed by atoms with E-state index in [2.05, 4.69) is 36.5 Å². The van der Waals surface area contributed by atoms with Crippen molar-refractivity contribution < 1.29 is 0 Å². The molecule has 0 aliphatic carbocycles. The van der Waals surface area contributed by atoms with Gasteiger partial charge in [0.25, 0.3) is 0 Å². The van der Waals surface area contributed by atoms with Gasteiger partial charge in [-0.2, -0.15) is 0 Å². The second-order valence-corrected chi connectivity index (χ2v) is 6.16. The van der Waals surface area contributed by atoms with Gasteiger partial charge in [0.15, 0.2) is 0 Å². The minimum atomic E-state index is -0.188. The molecule has 3 heteroatoms. The van der Waals surface area contributed by atoms with Crippen LogP contribution in [0.4, 0.5) is 5.69 Å². The minimum Gasteiger partial charge on any atom is -0.397 e. The molecule has 0 unspecified atom stereocenters. The summed E-state index contributed by atoms with van der Waals surface area (Å²) in [7, 11) is -0.188. The van der Waals surface area contributed by atoms with Gasteiger partial charge in [-0.25, -0.2) is 0 Å². The molecular weight excluding hydrogens is 215 g/mol. The molecule has 0 aliphatic rings. The average molecular weight is 230 g/mol. The summed E-state index contributed by atoms with van der Waals surface area (Å²) >= 11 is 0. The molecule has 0 atom stereocenters. The topological polar surface area (TPSA) is 38.9 Å². The third kappa shape index (κ3) is 2.23. The first kappa shape index (κ1) is 11.1. The van der Waals surface area contributed by atoms with Gasteiger partial charge in [0.2, 0.25) is 0 Å². The van der Waals surface area contributed by atoms with E-state index in [4.69, 9.17) is 5.73 Å². The highest BCUT2D eigenvalue weighted by atomic mass is 31.1. The summed E-state index contributed by atoms with van der Waals surface area (Å²) in [5.41, 5.74) is 8.86. The van der Waals surface area contributed by atoms with Gasteiger partial charge >= 0.3 is 0 Å². The molecule has 82 valence electrons. The molecular formula is C13H15N2P. The molecule has 2 aromatic rings. The zero-order chi connectivity index (χ0) is 11.5. The molecule has 0 bridgehead atoms. The highest BCUT2D eigenvalue weighted by Gasteiger charge is 2.07. The van der Waals surface area contributed by atoms with Crippen molar-refractivity contribution in [3.8, 4) is 11.3 Å². The van der Waals surface area contributed by atoms with Gasteiger partial charge in [-0.05, 0) is 19.4 Å². The van der Waals surface area contributed by atoms with Crippen LogP contribution in [0.2, 0.25) is 0 Å². The fourth-order valence-electron chi connectivity index (χ4n) is 1.61. The lowest BCUT2D eigenvalue weighted by Crippen LogP contribution is -2.08. The normalized spacial score (nSPS) is 10.7. The summed E-state index contributed by atoms with van der Waals surface area (Å²) in [6.07, 6.45) is 1.76. The molecule has 2 N–H and O–H groups in total. The van der Waals surface area contributed by atoms with Crippen LogP contribution in [0.25, 0.3) is 11.3 Å². The van der Waals surface area contributed by atoms with Gasteiger partial charge < -0.3 is 5.73 Å². The first-order chi connectivity index (χ1) is 7.68. The molecule has 0 amide bonds. The number of nitrogen functional groups attached to an aromatic ring is 1. The largest absolute Gasteiger partial charge is 0.397 e. The summed E-state index contributed by atoms with van der Waals surface area (Å²) in [6.45, 7) is 4.41. The highest BCUT2D eigenvalue weighted by Crippen LogP contribution is 2.28. The average Bonchev–Trinajstić information content (AvgIpc) is 2.30. The van der Waals surface area contributed by atoms with E-state index in [0.717, 1.165) is 16.9 Å². The minimum absolute atomic E-state index is 0.188. The maximum Gasteiger partial charge on any atom is 0.0709 e. The first-order valence-electron chi connectivity index (χ1n) is 5.17. The number of hydrogen-bond acceptors (Lipinski definition) is 2. The van der Waals surface area contributed by atoms with Crippen LogP contribution in [0.3, 0.4) is 0 Å². The van der Waals surface area contributed by atoms with Crippen molar-refractivity contribution in [2.75, 3.05) is 19.1 Å². The Morgan fingerprint density at radius 1 is 1.12 bits per heavy atom. The van der Waals surface area contributed by atoms with Crippen LogP contribution in [-0.4, -0.2) is 18.3 Å². The van der Waals surface area contributed by atoms with Crippen molar-refractivity contribution in [3.05, 3.63) is 42.6 Å². The second kappa shape index (κ2) is 4.63. The number of aromatic nitrogens is 1. The van der Waals surface area contributed by atoms with Crippen LogP contribution in [-0.2, 0) is 0 Å². The molecule has 2 rings (SSSR count). The second-order valence-electron chi connectivity index (χ2n) is 3.89. The number of nitrogens with two attached hydrogens (primary N) is 1. The van der Waals surface area contributed by atoms with Crippen molar-refractivity contribution >= 4 is 18.9 Å². The van der Waals surface area contributed by atoms with E-state index in [9.17, 15) is 0 Å². The number of rotatable bonds is 2. The lowest BCUT2D eigenvalue weighted by Gasteiger charge is -2.11. The first-order valence-corrected chi connectivity index (χ1v) is 7.40. The Balaban J connectivity index is 2.48. The molecule has 0 radical (unpaired) electrons. The molecule has 0 saturated carbocycles. The van der Waals surface area contributed by atoms with E-state index < -0.39 is 0 Å². The Labute approximate surface area is 97.3 Å². The summed E-state index contributed by atoms with van der Waals surface area (Å²) in [4.78, 5) is 4.38. The third-order valence-corrected chi connectivity index (χ3v) is 3.81. The Kier molecular flexibility index (Phi) is 3.21. The van der Waals surface area contributed by atoms with Crippen molar-refractivity contribution in [1.29, 1.82) is 0 Å². The van der Waals surface area contributed by atoms with Gasteiger partial charge in [-0.15, -0.1) is 0 Å². The van der Waals surface area contributed by atoms with E-state index in [1.54, 1.807) is 6.20 Å². The van der Waals surface area contributed by atoms with E-state index in [1.165, 1.54) is 5.30 Å². The monoisotopic (exact) mass is 230 g/mol. The van der Waals surface area contributed by atoms with E-state index in [1.807, 2.05) is 18.2 Å². The SMILES string of the molecule is CP(C)c1cc(-c2ccccc2)ncc1N. The summed E-state index contributed by atoms with van der Waals surface area (Å²) in [5, 5.41) is 1.23. The van der Waals surface area contributed by atoms with E-state index in [0.29, 0.717) is 0 Å². The predicted octanol–water partition coefficient (Wildman–Crippen LogP) is 2.70. The van der Waals surface area contributed by atoms with Crippen LogP contribution in [0.1, 0.15) is 0 Å². The van der Waals surface area contributed by atoms with E-state index >= 15 is 0 Å². The van der Waals surface area contributed by atoms with Gasteiger partial charge in [0, 0.05) is 10.9 Å². The number of benzene rings is 1. The third-order valence-electron chi connectivity index (χ3n) is 2.46. The van der Waals surface area contributed by atoms with Crippen molar-refractivity contribution in [2.24, 2.45) is 0 Å². The lowest BCUT2D eigenvalue weighted by atomic mass is 10.1. The summed E-state index contributed by atoms with van der Waals surface area (Å²) in [5.74, 6) is 0. The zero-order valence-corrected chi connectivity index (χ0v) is 10.4. The maximum atomic E-state index is 5.92. The molecule has 1 heterocycles. The summed E-state index contributed by atoms with van der Waals surface area (Å²) < 4.78 is 0. The molecule has 1 aromatic heterocycles. The zero-order valence-electron chi connectivity index (χ0n) is 9.51. The van der Waals surface area contributed by atoms with Crippen LogP contribution in [0, 0.1) is 0 Å². The Morgan fingerprint density at radius 2 is 1.81 bits per heavy atom. The van der Waals surface area contributed by atoms with Crippen LogP contribution in [0.15, 0.2) is 42.6 Å². The van der Waals surface area contributed by atoms with Crippen LogP contribution in [0.5, 0.6) is 0 Å². The van der Waals surface area contributed by atoms with Gasteiger partial charge in [0.1, 0.15) is 0 Å². The standard InChI is InChI=1S/C13H15N2P/c1-16(2)13-8-12(15-9-11(13)14)10-6-4-3-5-7-10/h3-9H,14H2,1-2H3. The van der Waals surface area contributed by atoms with Crippen LogP contribution >= 0.6 is 7.92 Å². The molecule has 0 spiro atoms. The molecule has 16 heavy (non-hydrogen) atoms. The Bertz CT molecular complexity index is 481. The Morgan fingerprint density at radius 3 is 2.44 bits per heavy atom. The summed E-state index contributed by atoms with van der Waals surface area (Å²) in [6, 6.07) is 12.3. The molecule has 0 aliphatic heterocycles. The van der Waals surface area contributed by atoms with Gasteiger partial charge in [0.05, 0.1) is 17.6 Å². The van der Waals surface area contributed by atoms with E-state index in [-0.39, 0.29) is 7.92 Å². The molecule has 0 fully saturated rings. The lowest BCUT2D eigenvalue weighted by molar-refractivity contribution is 1.34. The van der Waals surface area contributed by atoms with Gasteiger partial charge in [-0.3, -0.25) is 4.98 Å². The number of pyridine rings is 1. The Hall–Kier alpha value is -1.40. The van der Waals surface area contributed by atoms with Crippen molar-refractivity contribution in [1.82, 2.24) is 4.98 Å². The molecule has 0 saturated heterocycles. The fourth-order valence-corrected chi connectivity index (χ4v) is 2.56. The fraction of sp³-hybridized carbons (Fsp3) is 0.154. The highest BCUT2D eigenvalue weighted by molar-refractivity contribution is 7.64. The smallest absolute Gasteiger partial charge is 0.0709 e. The van der Waals surface area contributed by atoms with Gasteiger partial charge in [-0.1, -0.05) is 38.3 Å². The number of nitrogens with zero attached hydrogens (tertiary/aromatic N) is 1.